The second kappa shape index (κ2) is 7.02. The second-order valence-electron chi connectivity index (χ2n) is 5.25. The van der Waals surface area contributed by atoms with Crippen LogP contribution in [0.15, 0.2) is 29.9 Å². The van der Waals surface area contributed by atoms with E-state index in [9.17, 15) is 0 Å². The van der Waals surface area contributed by atoms with Crippen molar-refractivity contribution in [1.29, 1.82) is 0 Å². The summed E-state index contributed by atoms with van der Waals surface area (Å²) in [4.78, 5) is 3.67. The van der Waals surface area contributed by atoms with E-state index in [1.54, 1.807) is 0 Å². The van der Waals surface area contributed by atoms with Crippen LogP contribution in [0.4, 0.5) is 0 Å². The van der Waals surface area contributed by atoms with Crippen molar-refractivity contribution in [2.24, 2.45) is 0 Å². The minimum absolute atomic E-state index is 0.317. The van der Waals surface area contributed by atoms with Gasteiger partial charge in [0, 0.05) is 35.8 Å². The Labute approximate surface area is 125 Å². The normalized spacial score (nSPS) is 14.7. The van der Waals surface area contributed by atoms with E-state index in [4.69, 9.17) is 0 Å². The van der Waals surface area contributed by atoms with Gasteiger partial charge in [-0.2, -0.15) is 5.10 Å². The Morgan fingerprint density at radius 1 is 1.45 bits per heavy atom. The van der Waals surface area contributed by atoms with Crippen molar-refractivity contribution in [2.75, 3.05) is 20.6 Å². The summed E-state index contributed by atoms with van der Waals surface area (Å²) in [5, 5.41) is 10.1. The van der Waals surface area contributed by atoms with Crippen molar-refractivity contribution in [1.82, 2.24) is 20.0 Å². The molecule has 0 amide bonds. The molecule has 2 aromatic rings. The van der Waals surface area contributed by atoms with E-state index in [0.29, 0.717) is 12.1 Å². The molecule has 5 heteroatoms. The predicted molar refractivity (Wildman–Crippen MR) is 85.1 cm³/mol. The molecule has 0 radical (unpaired) electrons. The maximum Gasteiger partial charge on any atom is 0.0561 e. The predicted octanol–water partition coefficient (Wildman–Crippen LogP) is 2.92. The molecule has 0 bridgehead atoms. The van der Waals surface area contributed by atoms with Crippen LogP contribution >= 0.6 is 11.3 Å². The van der Waals surface area contributed by atoms with Crippen molar-refractivity contribution in [3.8, 4) is 0 Å². The molecule has 2 unspecified atom stereocenters. The first-order chi connectivity index (χ1) is 9.61. The lowest BCUT2D eigenvalue weighted by molar-refractivity contribution is 0.285. The summed E-state index contributed by atoms with van der Waals surface area (Å²) in [6.07, 6.45) is 4.07. The Bertz CT molecular complexity index is 504. The maximum atomic E-state index is 4.34. The summed E-state index contributed by atoms with van der Waals surface area (Å²) in [5.41, 5.74) is 1.25. The van der Waals surface area contributed by atoms with Crippen LogP contribution in [-0.2, 0) is 6.54 Å². The second-order valence-corrected chi connectivity index (χ2v) is 6.23. The lowest BCUT2D eigenvalue weighted by atomic mass is 10.1. The average molecular weight is 292 g/mol. The number of aromatic nitrogens is 2. The fourth-order valence-electron chi connectivity index (χ4n) is 2.20. The topological polar surface area (TPSA) is 33.1 Å². The van der Waals surface area contributed by atoms with Crippen LogP contribution < -0.4 is 5.32 Å². The van der Waals surface area contributed by atoms with Crippen molar-refractivity contribution in [2.45, 2.75) is 32.5 Å². The first kappa shape index (κ1) is 15.2. The Morgan fingerprint density at radius 2 is 2.25 bits per heavy atom. The van der Waals surface area contributed by atoms with E-state index in [1.807, 2.05) is 22.2 Å². The Balaban J connectivity index is 1.95. The molecule has 0 aromatic carbocycles. The minimum atomic E-state index is 0.317. The quantitative estimate of drug-likeness (QED) is 0.852. The molecule has 1 N–H and O–H groups in total. The van der Waals surface area contributed by atoms with Crippen molar-refractivity contribution >= 4 is 11.3 Å². The van der Waals surface area contributed by atoms with Gasteiger partial charge in [-0.3, -0.25) is 4.68 Å². The van der Waals surface area contributed by atoms with Gasteiger partial charge >= 0.3 is 0 Å². The van der Waals surface area contributed by atoms with Crippen LogP contribution in [-0.4, -0.2) is 35.3 Å². The highest BCUT2D eigenvalue weighted by Crippen LogP contribution is 2.23. The zero-order valence-electron chi connectivity index (χ0n) is 12.7. The van der Waals surface area contributed by atoms with E-state index in [-0.39, 0.29) is 0 Å². The smallest absolute Gasteiger partial charge is 0.0561 e. The highest BCUT2D eigenvalue weighted by Gasteiger charge is 2.16. The van der Waals surface area contributed by atoms with E-state index in [2.05, 4.69) is 67.0 Å². The summed E-state index contributed by atoms with van der Waals surface area (Å²) < 4.78 is 1.97. The Kier molecular flexibility index (Phi) is 5.34. The standard InChI is InChI=1S/C15H24N4S/c1-5-19-11-13(9-17-19)12(2)16-10-14(18(3)4)15-7-6-8-20-15/h6-9,11-12,14,16H,5,10H2,1-4H3. The number of hydrogen-bond acceptors (Lipinski definition) is 4. The third kappa shape index (κ3) is 3.69. The zero-order chi connectivity index (χ0) is 14.5. The van der Waals surface area contributed by atoms with Crippen LogP contribution in [0.3, 0.4) is 0 Å². The Morgan fingerprint density at radius 3 is 2.80 bits per heavy atom. The lowest BCUT2D eigenvalue weighted by Crippen LogP contribution is -2.31. The lowest BCUT2D eigenvalue weighted by Gasteiger charge is -2.25. The van der Waals surface area contributed by atoms with E-state index < -0.39 is 0 Å². The Hall–Kier alpha value is -1.17. The van der Waals surface area contributed by atoms with Crippen LogP contribution in [0, 0.1) is 0 Å². The molecular formula is C15H24N4S. The number of aryl methyl sites for hydroxylation is 1. The molecule has 20 heavy (non-hydrogen) atoms. The molecule has 0 saturated carbocycles. The molecule has 0 aliphatic rings. The van der Waals surface area contributed by atoms with Crippen LogP contribution in [0.2, 0.25) is 0 Å². The van der Waals surface area contributed by atoms with Crippen molar-refractivity contribution < 1.29 is 0 Å². The summed E-state index contributed by atoms with van der Waals surface area (Å²) in [7, 11) is 4.26. The molecule has 2 aromatic heterocycles. The maximum absolute atomic E-state index is 4.34. The first-order valence-corrected chi connectivity index (χ1v) is 7.95. The first-order valence-electron chi connectivity index (χ1n) is 7.07. The molecule has 2 heterocycles. The number of rotatable bonds is 7. The highest BCUT2D eigenvalue weighted by molar-refractivity contribution is 7.10. The molecule has 0 spiro atoms. The molecule has 0 fully saturated rings. The van der Waals surface area contributed by atoms with Crippen molar-refractivity contribution in [3.05, 3.63) is 40.3 Å². The van der Waals surface area contributed by atoms with Gasteiger partial charge in [0.2, 0.25) is 0 Å². The SMILES string of the molecule is CCn1cc(C(C)NCC(c2cccs2)N(C)C)cn1. The molecule has 110 valence electrons. The van der Waals surface area contributed by atoms with Crippen molar-refractivity contribution in [3.63, 3.8) is 0 Å². The number of nitrogens with one attached hydrogen (secondary N) is 1. The van der Waals surface area contributed by atoms with Crippen LogP contribution in [0.5, 0.6) is 0 Å². The van der Waals surface area contributed by atoms with Gasteiger partial charge < -0.3 is 10.2 Å². The van der Waals surface area contributed by atoms with E-state index >= 15 is 0 Å². The monoisotopic (exact) mass is 292 g/mol. The molecule has 0 aliphatic heterocycles. The fraction of sp³-hybridized carbons (Fsp3) is 0.533. The molecule has 2 atom stereocenters. The molecule has 2 rings (SSSR count). The molecular weight excluding hydrogens is 268 g/mol. The van der Waals surface area contributed by atoms with Crippen LogP contribution in [0.25, 0.3) is 0 Å². The molecule has 0 saturated heterocycles. The van der Waals surface area contributed by atoms with Gasteiger partial charge in [0.05, 0.1) is 12.2 Å². The van der Waals surface area contributed by atoms with Gasteiger partial charge in [0.1, 0.15) is 0 Å². The van der Waals surface area contributed by atoms with Gasteiger partial charge in [-0.05, 0) is 39.4 Å². The third-order valence-corrected chi connectivity index (χ3v) is 4.56. The molecule has 4 nitrogen and oxygen atoms in total. The highest BCUT2D eigenvalue weighted by atomic mass is 32.1. The summed E-state index contributed by atoms with van der Waals surface area (Å²) in [5.74, 6) is 0. The number of likely N-dealkylation sites (N-methyl/N-ethyl adjacent to an activating group) is 1. The fourth-order valence-corrected chi connectivity index (χ4v) is 3.12. The summed E-state index contributed by atoms with van der Waals surface area (Å²) in [6.45, 7) is 6.15. The van der Waals surface area contributed by atoms with Gasteiger partial charge in [-0.1, -0.05) is 6.07 Å². The van der Waals surface area contributed by atoms with Gasteiger partial charge in [0.25, 0.3) is 0 Å². The minimum Gasteiger partial charge on any atom is -0.308 e. The molecule has 0 aliphatic carbocycles. The van der Waals surface area contributed by atoms with Gasteiger partial charge in [0.15, 0.2) is 0 Å². The largest absolute Gasteiger partial charge is 0.308 e. The number of thiophene rings is 1. The number of hydrogen-bond donors (Lipinski definition) is 1. The summed E-state index contributed by atoms with van der Waals surface area (Å²) in [6, 6.07) is 5.05. The zero-order valence-corrected chi connectivity index (χ0v) is 13.5. The van der Waals surface area contributed by atoms with E-state index in [0.717, 1.165) is 13.1 Å². The number of nitrogens with zero attached hydrogens (tertiary/aromatic N) is 3. The summed E-state index contributed by atoms with van der Waals surface area (Å²) >= 11 is 1.82. The van der Waals surface area contributed by atoms with Gasteiger partial charge in [-0.15, -0.1) is 11.3 Å². The average Bonchev–Trinajstić information content (AvgIpc) is 3.09. The van der Waals surface area contributed by atoms with Gasteiger partial charge in [-0.25, -0.2) is 0 Å². The third-order valence-electron chi connectivity index (χ3n) is 3.59. The van der Waals surface area contributed by atoms with E-state index in [1.165, 1.54) is 10.4 Å². The van der Waals surface area contributed by atoms with Crippen LogP contribution in [0.1, 0.15) is 36.4 Å².